The Morgan fingerprint density at radius 2 is 1.55 bits per heavy atom. The predicted octanol–water partition coefficient (Wildman–Crippen LogP) is 4.44. The molecule has 0 aliphatic heterocycles. The second-order valence-corrected chi connectivity index (χ2v) is 6.94. The minimum absolute atomic E-state index is 0.0120. The number of anilines is 1. The van der Waals surface area contributed by atoms with Gasteiger partial charge in [0.1, 0.15) is 12.4 Å². The summed E-state index contributed by atoms with van der Waals surface area (Å²) in [5, 5.41) is 2.82. The molecule has 0 aliphatic rings. The first-order chi connectivity index (χ1) is 15.0. The number of carbonyl (C=O) groups excluding carboxylic acids is 3. The molecule has 3 aromatic rings. The van der Waals surface area contributed by atoms with Crippen LogP contribution in [0.15, 0.2) is 72.8 Å². The monoisotopic (exact) mass is 417 g/mol. The molecule has 158 valence electrons. The minimum Gasteiger partial charge on any atom is -0.496 e. The lowest BCUT2D eigenvalue weighted by Crippen LogP contribution is -2.12. The molecule has 0 atom stereocenters. The van der Waals surface area contributed by atoms with Gasteiger partial charge in [-0.25, -0.2) is 0 Å². The molecular weight excluding hydrogens is 394 g/mol. The summed E-state index contributed by atoms with van der Waals surface area (Å²) in [5.41, 5.74) is 3.08. The molecule has 0 aliphatic carbocycles. The molecule has 0 fully saturated rings. The fourth-order valence-electron chi connectivity index (χ4n) is 2.98. The topological polar surface area (TPSA) is 81.7 Å². The van der Waals surface area contributed by atoms with Crippen LogP contribution in [0.2, 0.25) is 0 Å². The number of carbonyl (C=O) groups is 3. The Bertz CT molecular complexity index is 1070. The molecule has 0 saturated carbocycles. The summed E-state index contributed by atoms with van der Waals surface area (Å²) in [6.45, 7) is 1.54. The highest BCUT2D eigenvalue weighted by molar-refractivity contribution is 6.04. The van der Waals surface area contributed by atoms with Crippen molar-refractivity contribution in [2.24, 2.45) is 0 Å². The van der Waals surface area contributed by atoms with Crippen LogP contribution in [0.5, 0.6) is 5.75 Å². The van der Waals surface area contributed by atoms with E-state index >= 15 is 0 Å². The molecule has 0 radical (unpaired) electrons. The van der Waals surface area contributed by atoms with Gasteiger partial charge in [-0.1, -0.05) is 30.3 Å². The van der Waals surface area contributed by atoms with Gasteiger partial charge in [-0.2, -0.15) is 0 Å². The average molecular weight is 417 g/mol. The van der Waals surface area contributed by atoms with Gasteiger partial charge in [0.2, 0.25) is 0 Å². The van der Waals surface area contributed by atoms with Crippen LogP contribution >= 0.6 is 0 Å². The van der Waals surface area contributed by atoms with Crippen LogP contribution < -0.4 is 10.1 Å². The van der Waals surface area contributed by atoms with Crippen molar-refractivity contribution in [2.75, 3.05) is 12.4 Å². The number of hydrogen-bond donors (Lipinski definition) is 1. The zero-order valence-electron chi connectivity index (χ0n) is 17.4. The highest BCUT2D eigenvalue weighted by atomic mass is 16.5. The zero-order chi connectivity index (χ0) is 22.2. The maximum atomic E-state index is 12.3. The van der Waals surface area contributed by atoms with Gasteiger partial charge in [-0.3, -0.25) is 14.4 Å². The second kappa shape index (κ2) is 10.2. The molecule has 3 aromatic carbocycles. The SMILES string of the molecule is COc1ccc(C(C)=O)cc1CC(=O)OCc1ccc(C(=O)Nc2ccccc2)cc1. The summed E-state index contributed by atoms with van der Waals surface area (Å²) in [4.78, 5) is 36.2. The fourth-order valence-corrected chi connectivity index (χ4v) is 2.98. The third-order valence-corrected chi connectivity index (χ3v) is 4.67. The number of amides is 1. The Kier molecular flexibility index (Phi) is 7.17. The summed E-state index contributed by atoms with van der Waals surface area (Å²) in [6, 6.07) is 21.0. The van der Waals surface area contributed by atoms with E-state index in [1.54, 1.807) is 42.5 Å². The number of rotatable bonds is 8. The normalized spacial score (nSPS) is 10.3. The van der Waals surface area contributed by atoms with Crippen LogP contribution in [0.1, 0.15) is 38.8 Å². The van der Waals surface area contributed by atoms with E-state index in [1.165, 1.54) is 14.0 Å². The number of para-hydroxylation sites is 1. The molecule has 0 spiro atoms. The number of Topliss-reactive ketones (excluding diaryl/α,β-unsaturated/α-hetero) is 1. The average Bonchev–Trinajstić information content (AvgIpc) is 2.78. The Morgan fingerprint density at radius 1 is 0.871 bits per heavy atom. The highest BCUT2D eigenvalue weighted by Crippen LogP contribution is 2.21. The second-order valence-electron chi connectivity index (χ2n) is 6.94. The fraction of sp³-hybridized carbons (Fsp3) is 0.160. The van der Waals surface area contributed by atoms with Crippen molar-refractivity contribution in [3.05, 3.63) is 95.1 Å². The molecule has 3 rings (SSSR count). The van der Waals surface area contributed by atoms with E-state index < -0.39 is 5.97 Å². The van der Waals surface area contributed by atoms with Gasteiger partial charge in [0.15, 0.2) is 5.78 Å². The van der Waals surface area contributed by atoms with Crippen molar-refractivity contribution >= 4 is 23.3 Å². The van der Waals surface area contributed by atoms with E-state index in [4.69, 9.17) is 9.47 Å². The summed E-state index contributed by atoms with van der Waals surface area (Å²) >= 11 is 0. The van der Waals surface area contributed by atoms with E-state index in [0.717, 1.165) is 11.3 Å². The van der Waals surface area contributed by atoms with Crippen LogP contribution in [0.25, 0.3) is 0 Å². The molecule has 6 heteroatoms. The van der Waals surface area contributed by atoms with Crippen LogP contribution in [-0.4, -0.2) is 24.8 Å². The van der Waals surface area contributed by atoms with Gasteiger partial charge in [0, 0.05) is 22.4 Å². The Labute approximate surface area is 180 Å². The number of ketones is 1. The van der Waals surface area contributed by atoms with Crippen molar-refractivity contribution in [3.63, 3.8) is 0 Å². The number of benzene rings is 3. The zero-order valence-corrected chi connectivity index (χ0v) is 17.4. The lowest BCUT2D eigenvalue weighted by molar-refractivity contribution is -0.144. The van der Waals surface area contributed by atoms with E-state index in [9.17, 15) is 14.4 Å². The summed E-state index contributed by atoms with van der Waals surface area (Å²) < 4.78 is 10.6. The van der Waals surface area contributed by atoms with Crippen LogP contribution in [-0.2, 0) is 22.6 Å². The largest absolute Gasteiger partial charge is 0.496 e. The minimum atomic E-state index is -0.440. The van der Waals surface area contributed by atoms with Crippen molar-refractivity contribution in [1.29, 1.82) is 0 Å². The van der Waals surface area contributed by atoms with Gasteiger partial charge < -0.3 is 14.8 Å². The molecule has 0 heterocycles. The number of hydrogen-bond acceptors (Lipinski definition) is 5. The summed E-state index contributed by atoms with van der Waals surface area (Å²) in [6.07, 6.45) is -0.0120. The third kappa shape index (κ3) is 6.02. The summed E-state index contributed by atoms with van der Waals surface area (Å²) in [5.74, 6) is -0.221. The van der Waals surface area contributed by atoms with Gasteiger partial charge >= 0.3 is 5.97 Å². The Balaban J connectivity index is 1.56. The smallest absolute Gasteiger partial charge is 0.310 e. The number of nitrogens with one attached hydrogen (secondary N) is 1. The lowest BCUT2D eigenvalue weighted by Gasteiger charge is -2.10. The number of methoxy groups -OCH3 is 1. The quantitative estimate of drug-likeness (QED) is 0.433. The van der Waals surface area contributed by atoms with Crippen LogP contribution in [0.3, 0.4) is 0 Å². The Morgan fingerprint density at radius 3 is 2.19 bits per heavy atom. The molecule has 0 aromatic heterocycles. The molecule has 1 amide bonds. The molecule has 31 heavy (non-hydrogen) atoms. The Hall–Kier alpha value is -3.93. The third-order valence-electron chi connectivity index (χ3n) is 4.67. The highest BCUT2D eigenvalue weighted by Gasteiger charge is 2.13. The van der Waals surface area contributed by atoms with E-state index in [-0.39, 0.29) is 24.7 Å². The van der Waals surface area contributed by atoms with E-state index in [2.05, 4.69) is 5.32 Å². The van der Waals surface area contributed by atoms with Crippen LogP contribution in [0.4, 0.5) is 5.69 Å². The number of esters is 1. The van der Waals surface area contributed by atoms with E-state index in [1.807, 2.05) is 30.3 Å². The maximum absolute atomic E-state index is 12.3. The van der Waals surface area contributed by atoms with Gasteiger partial charge in [0.05, 0.1) is 13.5 Å². The standard InChI is InChI=1S/C25H23NO5/c1-17(27)20-12-13-23(30-2)21(14-20)15-24(28)31-16-18-8-10-19(11-9-18)25(29)26-22-6-4-3-5-7-22/h3-14H,15-16H2,1-2H3,(H,26,29). The molecule has 0 saturated heterocycles. The lowest BCUT2D eigenvalue weighted by atomic mass is 10.0. The molecule has 0 unspecified atom stereocenters. The summed E-state index contributed by atoms with van der Waals surface area (Å²) in [7, 11) is 1.51. The predicted molar refractivity (Wildman–Crippen MR) is 117 cm³/mol. The van der Waals surface area contributed by atoms with Crippen molar-refractivity contribution in [3.8, 4) is 5.75 Å². The van der Waals surface area contributed by atoms with E-state index in [0.29, 0.717) is 22.4 Å². The molecule has 6 nitrogen and oxygen atoms in total. The number of ether oxygens (including phenoxy) is 2. The first-order valence-electron chi connectivity index (χ1n) is 9.75. The first kappa shape index (κ1) is 21.8. The first-order valence-corrected chi connectivity index (χ1v) is 9.75. The van der Waals surface area contributed by atoms with Gasteiger partial charge in [-0.15, -0.1) is 0 Å². The van der Waals surface area contributed by atoms with Crippen molar-refractivity contribution < 1.29 is 23.9 Å². The van der Waals surface area contributed by atoms with Crippen LogP contribution in [0, 0.1) is 0 Å². The van der Waals surface area contributed by atoms with Gasteiger partial charge in [-0.05, 0) is 55.0 Å². The van der Waals surface area contributed by atoms with Crippen molar-refractivity contribution in [2.45, 2.75) is 20.0 Å². The molecule has 0 bridgehead atoms. The van der Waals surface area contributed by atoms with Gasteiger partial charge in [0.25, 0.3) is 5.91 Å². The van der Waals surface area contributed by atoms with Crippen molar-refractivity contribution in [1.82, 2.24) is 0 Å². The maximum Gasteiger partial charge on any atom is 0.310 e. The molecular formula is C25H23NO5. The molecule has 1 N–H and O–H groups in total.